The van der Waals surface area contributed by atoms with E-state index in [9.17, 15) is 23.5 Å². The Kier molecular flexibility index (Phi) is 6.66. The lowest BCUT2D eigenvalue weighted by Gasteiger charge is -2.10. The van der Waals surface area contributed by atoms with E-state index in [1.165, 1.54) is 18.2 Å². The van der Waals surface area contributed by atoms with Crippen molar-refractivity contribution in [3.05, 3.63) is 59.2 Å². The first-order chi connectivity index (χ1) is 12.4. The largest absolute Gasteiger partial charge is 0.507 e. The molecule has 0 saturated carbocycles. The van der Waals surface area contributed by atoms with Gasteiger partial charge in [-0.05, 0) is 30.7 Å². The number of hydrogen-bond acceptors (Lipinski definition) is 3. The normalized spacial score (nSPS) is 10.4. The Bertz CT molecular complexity index is 789. The molecule has 0 spiro atoms. The molecule has 0 unspecified atom stereocenters. The second-order valence-corrected chi connectivity index (χ2v) is 5.81. The van der Waals surface area contributed by atoms with Crippen LogP contribution in [0, 0.1) is 11.6 Å². The van der Waals surface area contributed by atoms with Gasteiger partial charge in [-0.2, -0.15) is 0 Å². The predicted molar refractivity (Wildman–Crippen MR) is 94.3 cm³/mol. The minimum absolute atomic E-state index is 0.0799. The average Bonchev–Trinajstić information content (AvgIpc) is 2.57. The first-order valence-corrected chi connectivity index (χ1v) is 8.29. The molecule has 0 aliphatic heterocycles. The topological polar surface area (TPSA) is 78.4 Å². The van der Waals surface area contributed by atoms with E-state index in [-0.39, 0.29) is 22.6 Å². The van der Waals surface area contributed by atoms with Gasteiger partial charge < -0.3 is 15.7 Å². The fourth-order valence-electron chi connectivity index (χ4n) is 2.36. The van der Waals surface area contributed by atoms with Gasteiger partial charge in [-0.25, -0.2) is 8.78 Å². The third-order valence-corrected chi connectivity index (χ3v) is 3.69. The number of amides is 2. The Balaban J connectivity index is 2.04. The van der Waals surface area contributed by atoms with E-state index in [2.05, 4.69) is 17.6 Å². The Labute approximate surface area is 150 Å². The Morgan fingerprint density at radius 3 is 2.31 bits per heavy atom. The minimum Gasteiger partial charge on any atom is -0.507 e. The van der Waals surface area contributed by atoms with Crippen molar-refractivity contribution in [3.63, 3.8) is 0 Å². The number of phenolic OH excluding ortho intramolecular Hbond substituents is 1. The van der Waals surface area contributed by atoms with Crippen LogP contribution >= 0.6 is 0 Å². The van der Waals surface area contributed by atoms with Crippen LogP contribution < -0.4 is 10.6 Å². The van der Waals surface area contributed by atoms with Crippen molar-refractivity contribution in [3.8, 4) is 5.75 Å². The second kappa shape index (κ2) is 8.94. The lowest BCUT2D eigenvalue weighted by Crippen LogP contribution is -2.24. The van der Waals surface area contributed by atoms with E-state index in [1.54, 1.807) is 0 Å². The summed E-state index contributed by atoms with van der Waals surface area (Å²) in [7, 11) is 0. The van der Waals surface area contributed by atoms with E-state index in [1.807, 2.05) is 0 Å². The van der Waals surface area contributed by atoms with Gasteiger partial charge in [0.15, 0.2) is 0 Å². The quantitative estimate of drug-likeness (QED) is 0.655. The van der Waals surface area contributed by atoms with Crippen molar-refractivity contribution in [1.82, 2.24) is 5.32 Å². The van der Waals surface area contributed by atoms with Gasteiger partial charge in [0, 0.05) is 29.9 Å². The molecule has 2 aromatic rings. The molecule has 5 nitrogen and oxygen atoms in total. The summed E-state index contributed by atoms with van der Waals surface area (Å²) in [6.07, 6.45) is 2.88. The Morgan fingerprint density at radius 1 is 1.00 bits per heavy atom. The minimum atomic E-state index is -0.868. The standard InChI is InChI=1S/C19H20F2N2O3/c1-2-3-4-7-22-19(26)16-6-5-15(11-17(16)24)23-18(25)12-8-13(20)10-14(21)9-12/h5-6,8-11,24H,2-4,7H2,1H3,(H,22,26)(H,23,25). The molecule has 0 bridgehead atoms. The molecule has 0 aliphatic carbocycles. The summed E-state index contributed by atoms with van der Waals surface area (Å²) in [6, 6.07) is 6.46. The van der Waals surface area contributed by atoms with E-state index < -0.39 is 23.4 Å². The Hall–Kier alpha value is -2.96. The molecule has 0 atom stereocenters. The summed E-state index contributed by atoms with van der Waals surface area (Å²) < 4.78 is 26.4. The maximum Gasteiger partial charge on any atom is 0.255 e. The van der Waals surface area contributed by atoms with Gasteiger partial charge in [0.25, 0.3) is 11.8 Å². The third-order valence-electron chi connectivity index (χ3n) is 3.69. The van der Waals surface area contributed by atoms with Crippen molar-refractivity contribution in [2.75, 3.05) is 11.9 Å². The predicted octanol–water partition coefficient (Wildman–Crippen LogP) is 3.84. The summed E-state index contributed by atoms with van der Waals surface area (Å²) in [6.45, 7) is 2.56. The van der Waals surface area contributed by atoms with E-state index in [0.29, 0.717) is 12.6 Å². The number of rotatable bonds is 7. The molecule has 0 radical (unpaired) electrons. The average molecular weight is 362 g/mol. The van der Waals surface area contributed by atoms with Crippen molar-refractivity contribution in [2.24, 2.45) is 0 Å². The van der Waals surface area contributed by atoms with E-state index in [4.69, 9.17) is 0 Å². The molecule has 7 heteroatoms. The molecule has 2 aromatic carbocycles. The number of anilines is 1. The van der Waals surface area contributed by atoms with Gasteiger partial charge in [0.05, 0.1) is 5.56 Å². The van der Waals surface area contributed by atoms with Gasteiger partial charge in [-0.1, -0.05) is 19.8 Å². The highest BCUT2D eigenvalue weighted by Crippen LogP contribution is 2.22. The van der Waals surface area contributed by atoms with Crippen molar-refractivity contribution in [2.45, 2.75) is 26.2 Å². The Morgan fingerprint density at radius 2 is 1.69 bits per heavy atom. The number of halogens is 2. The summed E-state index contributed by atoms with van der Waals surface area (Å²) in [5.74, 6) is -3.19. The molecule has 0 aromatic heterocycles. The lowest BCUT2D eigenvalue weighted by molar-refractivity contribution is 0.0949. The number of nitrogens with one attached hydrogen (secondary N) is 2. The van der Waals surface area contributed by atoms with Crippen molar-refractivity contribution >= 4 is 17.5 Å². The van der Waals surface area contributed by atoms with Crippen molar-refractivity contribution in [1.29, 1.82) is 0 Å². The van der Waals surface area contributed by atoms with E-state index in [0.717, 1.165) is 31.4 Å². The van der Waals surface area contributed by atoms with Crippen LogP contribution in [0.3, 0.4) is 0 Å². The zero-order chi connectivity index (χ0) is 19.1. The molecule has 0 saturated heterocycles. The molecule has 138 valence electrons. The summed E-state index contributed by atoms with van der Waals surface area (Å²) >= 11 is 0. The van der Waals surface area contributed by atoms with Gasteiger partial charge in [0.2, 0.25) is 0 Å². The smallest absolute Gasteiger partial charge is 0.255 e. The molecular formula is C19H20F2N2O3. The van der Waals surface area contributed by atoms with Crippen LogP contribution in [0.2, 0.25) is 0 Å². The number of carbonyl (C=O) groups excluding carboxylic acids is 2. The second-order valence-electron chi connectivity index (χ2n) is 5.81. The van der Waals surface area contributed by atoms with Crippen LogP contribution in [0.4, 0.5) is 14.5 Å². The third kappa shape index (κ3) is 5.27. The fourth-order valence-corrected chi connectivity index (χ4v) is 2.36. The molecule has 0 heterocycles. The molecule has 26 heavy (non-hydrogen) atoms. The SMILES string of the molecule is CCCCCNC(=O)c1ccc(NC(=O)c2cc(F)cc(F)c2)cc1O. The summed E-state index contributed by atoms with van der Waals surface area (Å²) in [5.41, 5.74) is 0.0794. The maximum atomic E-state index is 13.2. The van der Waals surface area contributed by atoms with E-state index >= 15 is 0 Å². The summed E-state index contributed by atoms with van der Waals surface area (Å²) in [4.78, 5) is 24.1. The molecule has 2 rings (SSSR count). The molecule has 3 N–H and O–H groups in total. The highest BCUT2D eigenvalue weighted by Gasteiger charge is 2.14. The number of benzene rings is 2. The lowest BCUT2D eigenvalue weighted by atomic mass is 10.1. The van der Waals surface area contributed by atoms with Crippen LogP contribution in [0.15, 0.2) is 36.4 Å². The highest BCUT2D eigenvalue weighted by atomic mass is 19.1. The fraction of sp³-hybridized carbons (Fsp3) is 0.263. The number of hydrogen-bond donors (Lipinski definition) is 3. The number of phenols is 1. The van der Waals surface area contributed by atoms with Crippen LogP contribution in [-0.4, -0.2) is 23.5 Å². The van der Waals surface area contributed by atoms with Gasteiger partial charge in [-0.15, -0.1) is 0 Å². The van der Waals surface area contributed by atoms with Gasteiger partial charge in [-0.3, -0.25) is 9.59 Å². The number of aromatic hydroxyl groups is 1. The highest BCUT2D eigenvalue weighted by molar-refractivity contribution is 6.05. The van der Waals surface area contributed by atoms with Crippen molar-refractivity contribution < 1.29 is 23.5 Å². The summed E-state index contributed by atoms with van der Waals surface area (Å²) in [5, 5.41) is 15.1. The van der Waals surface area contributed by atoms with Crippen LogP contribution in [0.5, 0.6) is 5.75 Å². The number of carbonyl (C=O) groups is 2. The maximum absolute atomic E-state index is 13.2. The first kappa shape index (κ1) is 19.4. The van der Waals surface area contributed by atoms with Crippen LogP contribution in [-0.2, 0) is 0 Å². The number of unbranched alkanes of at least 4 members (excludes halogenated alkanes) is 2. The molecule has 2 amide bonds. The van der Waals surface area contributed by atoms with Gasteiger partial charge >= 0.3 is 0 Å². The van der Waals surface area contributed by atoms with Crippen LogP contribution in [0.25, 0.3) is 0 Å². The zero-order valence-electron chi connectivity index (χ0n) is 14.3. The van der Waals surface area contributed by atoms with Gasteiger partial charge in [0.1, 0.15) is 17.4 Å². The van der Waals surface area contributed by atoms with Crippen LogP contribution in [0.1, 0.15) is 46.9 Å². The first-order valence-electron chi connectivity index (χ1n) is 8.29. The monoisotopic (exact) mass is 362 g/mol. The molecule has 0 fully saturated rings. The molecule has 0 aliphatic rings. The molecular weight excluding hydrogens is 342 g/mol. The zero-order valence-corrected chi connectivity index (χ0v) is 14.3.